The average Bonchev–Trinajstić information content (AvgIpc) is 3.37. The Hall–Kier alpha value is -3.98. The predicted molar refractivity (Wildman–Crippen MR) is 144 cm³/mol. The molecule has 5 rings (SSSR count). The molecule has 1 aromatic heterocycles. The second-order valence-corrected chi connectivity index (χ2v) is 9.57. The van der Waals surface area contributed by atoms with E-state index in [9.17, 15) is 9.59 Å². The Kier molecular flexibility index (Phi) is 7.60. The lowest BCUT2D eigenvalue weighted by Crippen LogP contribution is -2.52. The molecule has 9 nitrogen and oxygen atoms in total. The molecule has 37 heavy (non-hydrogen) atoms. The zero-order valence-corrected chi connectivity index (χ0v) is 20.9. The highest BCUT2D eigenvalue weighted by molar-refractivity contribution is 5.88. The van der Waals surface area contributed by atoms with E-state index < -0.39 is 11.9 Å². The van der Waals surface area contributed by atoms with Gasteiger partial charge < -0.3 is 21.3 Å². The molecule has 9 heteroatoms. The summed E-state index contributed by atoms with van der Waals surface area (Å²) >= 11 is 0. The highest BCUT2D eigenvalue weighted by atomic mass is 16.2. The van der Waals surface area contributed by atoms with Crippen LogP contribution in [0, 0.1) is 0 Å². The van der Waals surface area contributed by atoms with Gasteiger partial charge in [0.1, 0.15) is 17.7 Å². The first-order valence-electron chi connectivity index (χ1n) is 12.9. The molecule has 0 aliphatic carbocycles. The number of fused-ring (bicyclic) bond motifs is 1. The quantitative estimate of drug-likeness (QED) is 0.413. The number of nitrogens with two attached hydrogens (primary N) is 1. The lowest BCUT2D eigenvalue weighted by atomic mass is 10.1. The molecule has 0 radical (unpaired) electrons. The highest BCUT2D eigenvalue weighted by Gasteiger charge is 2.35. The van der Waals surface area contributed by atoms with Gasteiger partial charge in [-0.25, -0.2) is 9.97 Å². The van der Waals surface area contributed by atoms with Crippen molar-refractivity contribution in [3.8, 4) is 11.4 Å². The number of anilines is 2. The topological polar surface area (TPSA) is 116 Å². The van der Waals surface area contributed by atoms with E-state index in [1.165, 1.54) is 5.56 Å². The van der Waals surface area contributed by atoms with Gasteiger partial charge in [-0.3, -0.25) is 14.5 Å². The second-order valence-electron chi connectivity index (χ2n) is 9.57. The maximum Gasteiger partial charge on any atom is 0.245 e. The third-order valence-electron chi connectivity index (χ3n) is 6.95. The van der Waals surface area contributed by atoms with Gasteiger partial charge in [-0.15, -0.1) is 0 Å². The van der Waals surface area contributed by atoms with Gasteiger partial charge >= 0.3 is 0 Å². The number of amides is 2. The molecule has 1 unspecified atom stereocenters. The van der Waals surface area contributed by atoms with Crippen molar-refractivity contribution in [3.63, 3.8) is 0 Å². The summed E-state index contributed by atoms with van der Waals surface area (Å²) in [6, 6.07) is 19.8. The molecule has 192 valence electrons. The van der Waals surface area contributed by atoms with Crippen LogP contribution in [0.3, 0.4) is 0 Å². The van der Waals surface area contributed by atoms with Gasteiger partial charge in [0, 0.05) is 43.7 Å². The maximum absolute atomic E-state index is 13.4. The lowest BCUT2D eigenvalue weighted by molar-refractivity contribution is -0.133. The van der Waals surface area contributed by atoms with E-state index >= 15 is 0 Å². The van der Waals surface area contributed by atoms with Gasteiger partial charge in [-0.2, -0.15) is 0 Å². The fourth-order valence-electron chi connectivity index (χ4n) is 4.96. The summed E-state index contributed by atoms with van der Waals surface area (Å²) < 4.78 is 0. The number of benzene rings is 2. The van der Waals surface area contributed by atoms with Crippen LogP contribution in [0.2, 0.25) is 0 Å². The van der Waals surface area contributed by atoms with Gasteiger partial charge in [0.2, 0.25) is 11.8 Å². The van der Waals surface area contributed by atoms with Crippen molar-refractivity contribution in [3.05, 3.63) is 71.8 Å². The molecule has 4 N–H and O–H groups in total. The van der Waals surface area contributed by atoms with Crippen LogP contribution in [0.15, 0.2) is 60.7 Å². The van der Waals surface area contributed by atoms with Crippen molar-refractivity contribution in [2.45, 2.75) is 25.3 Å². The molecule has 3 aromatic rings. The number of nitrogens with zero attached hydrogens (tertiary/aromatic N) is 4. The average molecular weight is 500 g/mol. The first kappa shape index (κ1) is 24.7. The Labute approximate surface area is 217 Å². The standard InChI is InChI=1S/C28H33N7O2/c29-24(36)19-30-26-22-18-23(31-27(22)33-25(32-26)21-11-5-2-6-12-21)28(37)35-16-14-34(15-17-35)13-7-10-20-8-3-1-4-9-20/h1-6,8-9,11-12,23H,7,10,13-19H2,(H2,29,36)(H2,30,31,32,33). The summed E-state index contributed by atoms with van der Waals surface area (Å²) in [5.41, 5.74) is 8.38. The Morgan fingerprint density at radius 1 is 0.973 bits per heavy atom. The summed E-state index contributed by atoms with van der Waals surface area (Å²) in [4.78, 5) is 38.6. The van der Waals surface area contributed by atoms with Crippen LogP contribution in [-0.4, -0.2) is 76.9 Å². The molecule has 1 atom stereocenters. The number of carbonyl (C=O) groups is 2. The van der Waals surface area contributed by atoms with E-state index in [2.05, 4.69) is 44.8 Å². The lowest BCUT2D eigenvalue weighted by Gasteiger charge is -2.36. The van der Waals surface area contributed by atoms with Crippen LogP contribution in [0.5, 0.6) is 0 Å². The zero-order valence-electron chi connectivity index (χ0n) is 20.9. The number of carbonyl (C=O) groups excluding carboxylic acids is 2. The summed E-state index contributed by atoms with van der Waals surface area (Å²) in [6.07, 6.45) is 2.64. The van der Waals surface area contributed by atoms with E-state index in [1.807, 2.05) is 41.3 Å². The number of hydrogen-bond acceptors (Lipinski definition) is 7. The number of hydrogen-bond donors (Lipinski definition) is 3. The Morgan fingerprint density at radius 2 is 1.68 bits per heavy atom. The highest BCUT2D eigenvalue weighted by Crippen LogP contribution is 2.32. The fraction of sp³-hybridized carbons (Fsp3) is 0.357. The van der Waals surface area contributed by atoms with Crippen molar-refractivity contribution in [1.82, 2.24) is 19.8 Å². The van der Waals surface area contributed by atoms with Gasteiger partial charge in [-0.05, 0) is 24.9 Å². The van der Waals surface area contributed by atoms with Crippen LogP contribution >= 0.6 is 0 Å². The Bertz CT molecular complexity index is 1230. The third kappa shape index (κ3) is 6.06. The summed E-state index contributed by atoms with van der Waals surface area (Å²) in [7, 11) is 0. The number of rotatable bonds is 9. The van der Waals surface area contributed by atoms with Crippen LogP contribution in [0.25, 0.3) is 11.4 Å². The van der Waals surface area contributed by atoms with Crippen LogP contribution < -0.4 is 16.4 Å². The van der Waals surface area contributed by atoms with Crippen molar-refractivity contribution in [2.24, 2.45) is 5.73 Å². The number of nitrogens with one attached hydrogen (secondary N) is 2. The molecule has 1 fully saturated rings. The van der Waals surface area contributed by atoms with Crippen LogP contribution in [0.4, 0.5) is 11.6 Å². The van der Waals surface area contributed by atoms with Gasteiger partial charge in [-0.1, -0.05) is 60.7 Å². The molecular formula is C28H33N7O2. The zero-order chi connectivity index (χ0) is 25.6. The van der Waals surface area contributed by atoms with E-state index in [0.717, 1.165) is 43.6 Å². The Balaban J connectivity index is 1.20. The molecule has 0 saturated carbocycles. The van der Waals surface area contributed by atoms with E-state index in [1.54, 1.807) is 0 Å². The van der Waals surface area contributed by atoms with E-state index in [4.69, 9.17) is 10.7 Å². The minimum atomic E-state index is -0.478. The first-order valence-corrected chi connectivity index (χ1v) is 12.9. The van der Waals surface area contributed by atoms with Crippen molar-refractivity contribution in [2.75, 3.05) is 49.9 Å². The predicted octanol–water partition coefficient (Wildman–Crippen LogP) is 2.15. The smallest absolute Gasteiger partial charge is 0.245 e. The van der Waals surface area contributed by atoms with Crippen molar-refractivity contribution in [1.29, 1.82) is 0 Å². The summed E-state index contributed by atoms with van der Waals surface area (Å²) in [5, 5.41) is 6.35. The van der Waals surface area contributed by atoms with Crippen molar-refractivity contribution >= 4 is 23.5 Å². The SMILES string of the molecule is NC(=O)CNc1nc(-c2ccccc2)nc2c1CC(C(=O)N1CCN(CCCc3ccccc3)CC1)N2. The molecule has 2 aliphatic rings. The summed E-state index contributed by atoms with van der Waals surface area (Å²) in [5.74, 6) is 1.28. The Morgan fingerprint density at radius 3 is 2.38 bits per heavy atom. The fourth-order valence-corrected chi connectivity index (χ4v) is 4.96. The molecule has 0 bridgehead atoms. The number of piperazine rings is 1. The molecule has 2 amide bonds. The van der Waals surface area contributed by atoms with Crippen molar-refractivity contribution < 1.29 is 9.59 Å². The first-order chi connectivity index (χ1) is 18.1. The van der Waals surface area contributed by atoms with Gasteiger partial charge in [0.15, 0.2) is 5.82 Å². The minimum absolute atomic E-state index is 0.0392. The number of aryl methyl sites for hydroxylation is 1. The second kappa shape index (κ2) is 11.4. The van der Waals surface area contributed by atoms with E-state index in [0.29, 0.717) is 37.0 Å². The number of aromatic nitrogens is 2. The molecule has 2 aliphatic heterocycles. The maximum atomic E-state index is 13.4. The van der Waals surface area contributed by atoms with Crippen LogP contribution in [-0.2, 0) is 22.4 Å². The molecule has 3 heterocycles. The van der Waals surface area contributed by atoms with Crippen LogP contribution in [0.1, 0.15) is 17.5 Å². The number of primary amides is 1. The molecule has 0 spiro atoms. The third-order valence-corrected chi connectivity index (χ3v) is 6.95. The molecule has 1 saturated heterocycles. The van der Waals surface area contributed by atoms with Gasteiger partial charge in [0.05, 0.1) is 6.54 Å². The monoisotopic (exact) mass is 499 g/mol. The minimum Gasteiger partial charge on any atom is -0.368 e. The van der Waals surface area contributed by atoms with E-state index in [-0.39, 0.29) is 12.5 Å². The normalized spacial score (nSPS) is 17.2. The summed E-state index contributed by atoms with van der Waals surface area (Å²) in [6.45, 7) is 4.19. The largest absolute Gasteiger partial charge is 0.368 e. The van der Waals surface area contributed by atoms with Gasteiger partial charge in [0.25, 0.3) is 0 Å². The molecular weight excluding hydrogens is 466 g/mol. The molecule has 2 aromatic carbocycles.